The zero-order valence-corrected chi connectivity index (χ0v) is 8.85. The van der Waals surface area contributed by atoms with Gasteiger partial charge in [0.1, 0.15) is 5.82 Å². The molecule has 3 heteroatoms. The van der Waals surface area contributed by atoms with Crippen molar-refractivity contribution in [2.24, 2.45) is 0 Å². The Kier molecular flexibility index (Phi) is 2.97. The molecule has 0 radical (unpaired) electrons. The van der Waals surface area contributed by atoms with Crippen LogP contribution in [0.1, 0.15) is 15.9 Å². The van der Waals surface area contributed by atoms with Gasteiger partial charge in [-0.25, -0.2) is 4.39 Å². The molecule has 0 fully saturated rings. The summed E-state index contributed by atoms with van der Waals surface area (Å²) in [4.78, 5) is 10.5. The molecule has 2 rings (SSSR count). The Morgan fingerprint density at radius 3 is 2.53 bits per heavy atom. The lowest BCUT2D eigenvalue weighted by molar-refractivity contribution is 0.112. The number of aldehydes is 1. The molecule has 2 aromatic rings. The molecule has 0 bridgehead atoms. The summed E-state index contributed by atoms with van der Waals surface area (Å²) >= 11 is 0. The third-order valence-electron chi connectivity index (χ3n) is 2.45. The average molecular weight is 225 g/mol. The average Bonchev–Trinajstić information content (AvgIpc) is 2.38. The van der Waals surface area contributed by atoms with E-state index < -0.39 is 5.82 Å². The number of rotatable bonds is 2. The van der Waals surface area contributed by atoms with Crippen molar-refractivity contribution in [3.05, 3.63) is 59.4 Å². The monoisotopic (exact) mass is 225 g/mol. The van der Waals surface area contributed by atoms with Crippen LogP contribution in [0.4, 0.5) is 4.39 Å². The van der Waals surface area contributed by atoms with Crippen molar-refractivity contribution in [1.82, 2.24) is 0 Å². The van der Waals surface area contributed by atoms with Gasteiger partial charge in [0.05, 0.1) is 17.2 Å². The fraction of sp³-hybridized carbons (Fsp3) is 0. The largest absolute Gasteiger partial charge is 0.298 e. The van der Waals surface area contributed by atoms with Gasteiger partial charge in [0.2, 0.25) is 0 Å². The molecular formula is C14H8FNO. The highest BCUT2D eigenvalue weighted by atomic mass is 19.1. The number of carbonyl (C=O) groups excluding carboxylic acids is 1. The van der Waals surface area contributed by atoms with E-state index in [2.05, 4.69) is 0 Å². The van der Waals surface area contributed by atoms with Gasteiger partial charge in [-0.15, -0.1) is 0 Å². The van der Waals surface area contributed by atoms with Crippen LogP contribution < -0.4 is 0 Å². The standard InChI is InChI=1S/C14H8FNO/c15-14-7-12(4-5-13(14)9-17)11-3-1-2-10(6-11)8-16/h1-7,9H. The van der Waals surface area contributed by atoms with Gasteiger partial charge in [0.25, 0.3) is 0 Å². The van der Waals surface area contributed by atoms with Gasteiger partial charge in [-0.1, -0.05) is 18.2 Å². The SMILES string of the molecule is N#Cc1cccc(-c2ccc(C=O)c(F)c2)c1. The quantitative estimate of drug-likeness (QED) is 0.736. The second-order valence-corrected chi connectivity index (χ2v) is 3.55. The lowest BCUT2D eigenvalue weighted by Crippen LogP contribution is -1.88. The van der Waals surface area contributed by atoms with Crippen molar-refractivity contribution in [2.75, 3.05) is 0 Å². The van der Waals surface area contributed by atoms with E-state index in [1.54, 1.807) is 30.3 Å². The Labute approximate surface area is 97.9 Å². The summed E-state index contributed by atoms with van der Waals surface area (Å²) in [5.74, 6) is -0.556. The van der Waals surface area contributed by atoms with E-state index in [9.17, 15) is 9.18 Å². The summed E-state index contributed by atoms with van der Waals surface area (Å²) < 4.78 is 13.4. The fourth-order valence-electron chi connectivity index (χ4n) is 1.57. The minimum Gasteiger partial charge on any atom is -0.298 e. The van der Waals surface area contributed by atoms with E-state index in [0.29, 0.717) is 17.4 Å². The second-order valence-electron chi connectivity index (χ2n) is 3.55. The smallest absolute Gasteiger partial charge is 0.152 e. The normalized spacial score (nSPS) is 9.65. The highest BCUT2D eigenvalue weighted by molar-refractivity contribution is 5.77. The minimum atomic E-state index is -0.556. The molecule has 82 valence electrons. The van der Waals surface area contributed by atoms with E-state index in [0.717, 1.165) is 5.56 Å². The molecule has 0 aromatic heterocycles. The van der Waals surface area contributed by atoms with Crippen molar-refractivity contribution < 1.29 is 9.18 Å². The van der Waals surface area contributed by atoms with E-state index in [-0.39, 0.29) is 5.56 Å². The van der Waals surface area contributed by atoms with E-state index in [1.165, 1.54) is 12.1 Å². The second kappa shape index (κ2) is 4.58. The Balaban J connectivity index is 2.50. The lowest BCUT2D eigenvalue weighted by Gasteiger charge is -2.03. The van der Waals surface area contributed by atoms with Gasteiger partial charge in [-0.3, -0.25) is 4.79 Å². The fourth-order valence-corrected chi connectivity index (χ4v) is 1.57. The van der Waals surface area contributed by atoms with Crippen molar-refractivity contribution in [3.8, 4) is 17.2 Å². The van der Waals surface area contributed by atoms with Crippen molar-refractivity contribution in [1.29, 1.82) is 5.26 Å². The highest BCUT2D eigenvalue weighted by Gasteiger charge is 2.04. The van der Waals surface area contributed by atoms with Crippen LogP contribution in [0, 0.1) is 17.1 Å². The molecule has 0 aliphatic carbocycles. The molecule has 0 aliphatic rings. The van der Waals surface area contributed by atoms with Crippen LogP contribution in [0.25, 0.3) is 11.1 Å². The molecule has 0 heterocycles. The molecule has 0 N–H and O–H groups in total. The van der Waals surface area contributed by atoms with E-state index in [4.69, 9.17) is 5.26 Å². The maximum absolute atomic E-state index is 13.4. The molecule has 2 aromatic carbocycles. The summed E-state index contributed by atoms with van der Waals surface area (Å²) in [7, 11) is 0. The molecule has 0 atom stereocenters. The number of benzene rings is 2. The predicted molar refractivity (Wildman–Crippen MR) is 61.9 cm³/mol. The Morgan fingerprint density at radius 1 is 1.12 bits per heavy atom. The number of carbonyl (C=O) groups is 1. The first-order chi connectivity index (χ1) is 8.24. The van der Waals surface area contributed by atoms with Crippen LogP contribution in [0.5, 0.6) is 0 Å². The Hall–Kier alpha value is -2.47. The summed E-state index contributed by atoms with van der Waals surface area (Å²) in [5.41, 5.74) is 1.94. The third-order valence-corrected chi connectivity index (χ3v) is 2.45. The number of hydrogen-bond donors (Lipinski definition) is 0. The molecule has 0 spiro atoms. The third kappa shape index (κ3) is 2.21. The van der Waals surface area contributed by atoms with Gasteiger partial charge < -0.3 is 0 Å². The molecule has 0 amide bonds. The van der Waals surface area contributed by atoms with Gasteiger partial charge in [0, 0.05) is 0 Å². The van der Waals surface area contributed by atoms with Crippen molar-refractivity contribution in [2.45, 2.75) is 0 Å². The maximum Gasteiger partial charge on any atom is 0.152 e. The summed E-state index contributed by atoms with van der Waals surface area (Å²) in [5, 5.41) is 8.78. The van der Waals surface area contributed by atoms with Gasteiger partial charge >= 0.3 is 0 Å². The molecule has 0 saturated heterocycles. The van der Waals surface area contributed by atoms with Crippen molar-refractivity contribution >= 4 is 6.29 Å². The van der Waals surface area contributed by atoms with Crippen LogP contribution in [0.2, 0.25) is 0 Å². The number of hydrogen-bond acceptors (Lipinski definition) is 2. The van der Waals surface area contributed by atoms with Crippen LogP contribution in [-0.2, 0) is 0 Å². The highest BCUT2D eigenvalue weighted by Crippen LogP contribution is 2.22. The van der Waals surface area contributed by atoms with E-state index >= 15 is 0 Å². The van der Waals surface area contributed by atoms with Crippen molar-refractivity contribution in [3.63, 3.8) is 0 Å². The minimum absolute atomic E-state index is 0.0326. The Bertz CT molecular complexity index is 614. The first-order valence-corrected chi connectivity index (χ1v) is 5.00. The van der Waals surface area contributed by atoms with Crippen LogP contribution in [0.15, 0.2) is 42.5 Å². The first-order valence-electron chi connectivity index (χ1n) is 5.00. The van der Waals surface area contributed by atoms with Crippen LogP contribution in [0.3, 0.4) is 0 Å². The molecular weight excluding hydrogens is 217 g/mol. The van der Waals surface area contributed by atoms with E-state index in [1.807, 2.05) is 6.07 Å². The predicted octanol–water partition coefficient (Wildman–Crippen LogP) is 3.18. The molecule has 0 saturated carbocycles. The molecule has 2 nitrogen and oxygen atoms in total. The maximum atomic E-state index is 13.4. The number of halogens is 1. The molecule has 17 heavy (non-hydrogen) atoms. The van der Waals surface area contributed by atoms with Gasteiger partial charge in [0.15, 0.2) is 6.29 Å². The summed E-state index contributed by atoms with van der Waals surface area (Å²) in [6.07, 6.45) is 0.477. The molecule has 0 aliphatic heterocycles. The first kappa shape index (κ1) is 11.0. The number of nitrogens with zero attached hydrogens (tertiary/aromatic N) is 1. The van der Waals surface area contributed by atoms with Crippen LogP contribution >= 0.6 is 0 Å². The number of nitriles is 1. The Morgan fingerprint density at radius 2 is 1.88 bits per heavy atom. The zero-order valence-electron chi connectivity index (χ0n) is 8.85. The van der Waals surface area contributed by atoms with Crippen LogP contribution in [-0.4, -0.2) is 6.29 Å². The summed E-state index contributed by atoms with van der Waals surface area (Å²) in [6, 6.07) is 13.3. The molecule has 0 unspecified atom stereocenters. The zero-order chi connectivity index (χ0) is 12.3. The van der Waals surface area contributed by atoms with Gasteiger partial charge in [-0.05, 0) is 35.4 Å². The van der Waals surface area contributed by atoms with Gasteiger partial charge in [-0.2, -0.15) is 5.26 Å². The topological polar surface area (TPSA) is 40.9 Å². The lowest BCUT2D eigenvalue weighted by atomic mass is 10.0. The summed E-state index contributed by atoms with van der Waals surface area (Å²) in [6.45, 7) is 0.